The van der Waals surface area contributed by atoms with Crippen molar-refractivity contribution < 1.29 is 5.11 Å². The summed E-state index contributed by atoms with van der Waals surface area (Å²) in [5.74, 6) is 1.20. The molecule has 3 atom stereocenters. The topological polar surface area (TPSA) is 20.2 Å². The molecular formula is C11H13ClOS. The number of rotatable bonds is 1. The van der Waals surface area contributed by atoms with E-state index in [0.29, 0.717) is 5.92 Å². The van der Waals surface area contributed by atoms with Crippen LogP contribution in [0, 0.1) is 11.8 Å². The van der Waals surface area contributed by atoms with Crippen LogP contribution in [0.3, 0.4) is 0 Å². The van der Waals surface area contributed by atoms with Crippen LogP contribution in [0.2, 0.25) is 5.02 Å². The smallest absolute Gasteiger partial charge is 0.103 e. The van der Waals surface area contributed by atoms with Gasteiger partial charge >= 0.3 is 0 Å². The van der Waals surface area contributed by atoms with E-state index in [1.807, 2.05) is 11.4 Å². The minimum absolute atomic E-state index is 0.462. The summed E-state index contributed by atoms with van der Waals surface area (Å²) in [7, 11) is 0. The Labute approximate surface area is 92.7 Å². The molecule has 0 aliphatic heterocycles. The minimum Gasteiger partial charge on any atom is -0.384 e. The van der Waals surface area contributed by atoms with Crippen LogP contribution in [0.4, 0.5) is 0 Å². The van der Waals surface area contributed by atoms with Crippen LogP contribution in [-0.2, 0) is 5.60 Å². The van der Waals surface area contributed by atoms with E-state index in [1.165, 1.54) is 19.3 Å². The zero-order valence-corrected chi connectivity index (χ0v) is 9.44. The van der Waals surface area contributed by atoms with Crippen molar-refractivity contribution in [3.8, 4) is 0 Å². The molecule has 3 unspecified atom stereocenters. The van der Waals surface area contributed by atoms with E-state index in [0.717, 1.165) is 22.2 Å². The van der Waals surface area contributed by atoms with Crippen LogP contribution in [0.15, 0.2) is 11.4 Å². The Bertz CT molecular complexity index is 362. The van der Waals surface area contributed by atoms with Crippen molar-refractivity contribution in [3.63, 3.8) is 0 Å². The second kappa shape index (κ2) is 2.97. The Morgan fingerprint density at radius 2 is 2.36 bits per heavy atom. The largest absolute Gasteiger partial charge is 0.384 e. The first-order valence-corrected chi connectivity index (χ1v) is 6.42. The first kappa shape index (κ1) is 9.20. The molecule has 0 aromatic carbocycles. The fourth-order valence-corrected chi connectivity index (χ4v) is 4.59. The van der Waals surface area contributed by atoms with Gasteiger partial charge in [0.05, 0.1) is 9.90 Å². The van der Waals surface area contributed by atoms with Gasteiger partial charge in [0.1, 0.15) is 5.60 Å². The van der Waals surface area contributed by atoms with E-state index in [1.54, 1.807) is 11.3 Å². The van der Waals surface area contributed by atoms with Crippen molar-refractivity contribution in [1.29, 1.82) is 0 Å². The number of halogens is 1. The third kappa shape index (κ3) is 1.11. The molecular weight excluding hydrogens is 216 g/mol. The highest BCUT2D eigenvalue weighted by atomic mass is 35.5. The van der Waals surface area contributed by atoms with E-state index >= 15 is 0 Å². The van der Waals surface area contributed by atoms with Gasteiger partial charge in [-0.05, 0) is 49.0 Å². The predicted octanol–water partition coefficient (Wildman–Crippen LogP) is 3.41. The lowest BCUT2D eigenvalue weighted by atomic mass is 9.83. The molecule has 2 saturated carbocycles. The second-order valence-corrected chi connectivity index (χ2v) is 5.93. The molecule has 76 valence electrons. The maximum atomic E-state index is 10.6. The molecule has 0 saturated heterocycles. The monoisotopic (exact) mass is 228 g/mol. The van der Waals surface area contributed by atoms with Gasteiger partial charge in [0.2, 0.25) is 0 Å². The van der Waals surface area contributed by atoms with Gasteiger partial charge in [0, 0.05) is 0 Å². The quantitative estimate of drug-likeness (QED) is 0.781. The van der Waals surface area contributed by atoms with Crippen LogP contribution in [0.1, 0.15) is 30.6 Å². The van der Waals surface area contributed by atoms with Crippen LogP contribution in [-0.4, -0.2) is 5.11 Å². The Morgan fingerprint density at radius 3 is 2.86 bits per heavy atom. The first-order valence-electron chi connectivity index (χ1n) is 5.16. The second-order valence-electron chi connectivity index (χ2n) is 4.60. The summed E-state index contributed by atoms with van der Waals surface area (Å²) in [4.78, 5) is 1.01. The summed E-state index contributed by atoms with van der Waals surface area (Å²) in [6.45, 7) is 0. The Hall–Kier alpha value is -0.0500. The Kier molecular flexibility index (Phi) is 1.95. The highest BCUT2D eigenvalue weighted by molar-refractivity contribution is 7.10. The molecule has 1 nitrogen and oxygen atoms in total. The third-order valence-electron chi connectivity index (χ3n) is 3.83. The maximum absolute atomic E-state index is 10.6. The lowest BCUT2D eigenvalue weighted by molar-refractivity contribution is -0.0147. The number of fused-ring (bicyclic) bond motifs is 2. The number of thiophene rings is 1. The summed E-state index contributed by atoms with van der Waals surface area (Å²) in [6.07, 6.45) is 4.61. The molecule has 0 radical (unpaired) electrons. The molecule has 1 heterocycles. The molecule has 2 fully saturated rings. The van der Waals surface area contributed by atoms with Crippen molar-refractivity contribution >= 4 is 22.9 Å². The molecule has 1 aromatic rings. The van der Waals surface area contributed by atoms with E-state index in [4.69, 9.17) is 11.6 Å². The van der Waals surface area contributed by atoms with Gasteiger partial charge in [-0.1, -0.05) is 11.6 Å². The van der Waals surface area contributed by atoms with Gasteiger partial charge in [-0.3, -0.25) is 0 Å². The van der Waals surface area contributed by atoms with E-state index in [9.17, 15) is 5.11 Å². The van der Waals surface area contributed by atoms with Crippen LogP contribution in [0.25, 0.3) is 0 Å². The molecule has 2 bridgehead atoms. The molecule has 3 rings (SSSR count). The standard InChI is InChI=1S/C11H13ClOS/c12-9-3-4-14-10(9)11(13)6-7-1-2-8(11)5-7/h3-4,7-8,13H,1-2,5-6H2. The summed E-state index contributed by atoms with van der Waals surface area (Å²) in [5, 5.41) is 13.4. The molecule has 1 aromatic heterocycles. The number of hydrogen-bond acceptors (Lipinski definition) is 2. The van der Waals surface area contributed by atoms with E-state index < -0.39 is 5.60 Å². The van der Waals surface area contributed by atoms with Crippen molar-refractivity contribution in [2.45, 2.75) is 31.3 Å². The average molecular weight is 229 g/mol. The molecule has 14 heavy (non-hydrogen) atoms. The fraction of sp³-hybridized carbons (Fsp3) is 0.636. The van der Waals surface area contributed by atoms with Gasteiger partial charge in [0.15, 0.2) is 0 Å². The molecule has 0 amide bonds. The predicted molar refractivity (Wildman–Crippen MR) is 58.7 cm³/mol. The molecule has 3 heteroatoms. The van der Waals surface area contributed by atoms with Gasteiger partial charge in [-0.25, -0.2) is 0 Å². The highest BCUT2D eigenvalue weighted by Crippen LogP contribution is 2.57. The summed E-state index contributed by atoms with van der Waals surface area (Å²) >= 11 is 7.70. The first-order chi connectivity index (χ1) is 6.70. The lowest BCUT2D eigenvalue weighted by Gasteiger charge is -2.31. The number of aliphatic hydroxyl groups is 1. The zero-order chi connectivity index (χ0) is 9.76. The van der Waals surface area contributed by atoms with Crippen molar-refractivity contribution in [2.24, 2.45) is 11.8 Å². The Morgan fingerprint density at radius 1 is 1.50 bits per heavy atom. The van der Waals surface area contributed by atoms with Gasteiger partial charge in [0.25, 0.3) is 0 Å². The molecule has 0 spiro atoms. The van der Waals surface area contributed by atoms with Gasteiger partial charge in [-0.15, -0.1) is 11.3 Å². The lowest BCUT2D eigenvalue weighted by Crippen LogP contribution is -2.31. The maximum Gasteiger partial charge on any atom is 0.103 e. The number of hydrogen-bond donors (Lipinski definition) is 1. The summed E-state index contributed by atoms with van der Waals surface area (Å²) in [5.41, 5.74) is -0.589. The van der Waals surface area contributed by atoms with Crippen LogP contribution in [0.5, 0.6) is 0 Å². The third-order valence-corrected chi connectivity index (χ3v) is 5.34. The molecule has 1 N–H and O–H groups in total. The van der Waals surface area contributed by atoms with Gasteiger partial charge in [-0.2, -0.15) is 0 Å². The van der Waals surface area contributed by atoms with E-state index in [-0.39, 0.29) is 0 Å². The van der Waals surface area contributed by atoms with Gasteiger partial charge < -0.3 is 5.11 Å². The highest BCUT2D eigenvalue weighted by Gasteiger charge is 2.52. The Balaban J connectivity index is 2.02. The molecule has 2 aliphatic carbocycles. The van der Waals surface area contributed by atoms with Crippen molar-refractivity contribution in [3.05, 3.63) is 21.3 Å². The van der Waals surface area contributed by atoms with E-state index in [2.05, 4.69) is 0 Å². The zero-order valence-electron chi connectivity index (χ0n) is 7.87. The van der Waals surface area contributed by atoms with Crippen LogP contribution < -0.4 is 0 Å². The normalized spacial score (nSPS) is 40.7. The minimum atomic E-state index is -0.589. The average Bonchev–Trinajstić information content (AvgIpc) is 2.78. The summed E-state index contributed by atoms with van der Waals surface area (Å²) < 4.78 is 0. The van der Waals surface area contributed by atoms with Crippen LogP contribution >= 0.6 is 22.9 Å². The summed E-state index contributed by atoms with van der Waals surface area (Å²) in [6, 6.07) is 1.89. The fourth-order valence-electron chi connectivity index (χ4n) is 3.18. The molecule has 2 aliphatic rings. The van der Waals surface area contributed by atoms with Crippen molar-refractivity contribution in [2.75, 3.05) is 0 Å². The van der Waals surface area contributed by atoms with Crippen molar-refractivity contribution in [1.82, 2.24) is 0 Å². The SMILES string of the molecule is OC1(c2sccc2Cl)CC2CCC1C2.